The zero-order valence-corrected chi connectivity index (χ0v) is 17.2. The Morgan fingerprint density at radius 1 is 0.966 bits per heavy atom. The molecule has 0 spiro atoms. The lowest BCUT2D eigenvalue weighted by molar-refractivity contribution is -0.133. The van der Waals surface area contributed by atoms with Gasteiger partial charge in [0.1, 0.15) is 6.04 Å². The van der Waals surface area contributed by atoms with E-state index in [9.17, 15) is 14.4 Å². The molecular weight excluding hydrogens is 368 g/mol. The van der Waals surface area contributed by atoms with Crippen LogP contribution in [0.5, 0.6) is 0 Å². The standard InChI is InChI=1S/C22H28N4O3/c1-15(2)19(25-22(29)24-18-8-6-5-7-9-18)21(28)26(4)14-16-10-12-17(13-11-16)20(27)23-3/h5-13,15,19H,14H2,1-4H3,(H,23,27)(H2,24,25,29). The Kier molecular flexibility index (Phi) is 7.77. The van der Waals surface area contributed by atoms with Gasteiger partial charge in [-0.15, -0.1) is 0 Å². The summed E-state index contributed by atoms with van der Waals surface area (Å²) in [5.41, 5.74) is 2.11. The summed E-state index contributed by atoms with van der Waals surface area (Å²) in [7, 11) is 3.27. The molecule has 7 nitrogen and oxygen atoms in total. The van der Waals surface area contributed by atoms with Crippen molar-refractivity contribution in [1.29, 1.82) is 0 Å². The molecule has 3 N–H and O–H groups in total. The fourth-order valence-electron chi connectivity index (χ4n) is 2.84. The SMILES string of the molecule is CNC(=O)c1ccc(CN(C)C(=O)C(NC(=O)Nc2ccccc2)C(C)C)cc1. The Bertz CT molecular complexity index is 835. The molecule has 7 heteroatoms. The van der Waals surface area contributed by atoms with Gasteiger partial charge in [-0.05, 0) is 35.7 Å². The topological polar surface area (TPSA) is 90.5 Å². The molecule has 0 saturated heterocycles. The molecule has 2 aromatic rings. The van der Waals surface area contributed by atoms with Crippen molar-refractivity contribution in [1.82, 2.24) is 15.5 Å². The van der Waals surface area contributed by atoms with Crippen molar-refractivity contribution in [3.63, 3.8) is 0 Å². The van der Waals surface area contributed by atoms with Gasteiger partial charge in [-0.1, -0.05) is 44.2 Å². The Labute approximate surface area is 171 Å². The van der Waals surface area contributed by atoms with Crippen LogP contribution in [0.15, 0.2) is 54.6 Å². The summed E-state index contributed by atoms with van der Waals surface area (Å²) in [5.74, 6) is -0.421. The number of urea groups is 1. The van der Waals surface area contributed by atoms with Gasteiger partial charge < -0.3 is 20.9 Å². The number of amides is 4. The van der Waals surface area contributed by atoms with Gasteiger partial charge in [-0.2, -0.15) is 0 Å². The van der Waals surface area contributed by atoms with Crippen LogP contribution in [0, 0.1) is 5.92 Å². The number of nitrogens with zero attached hydrogens (tertiary/aromatic N) is 1. The number of carbonyl (C=O) groups is 3. The van der Waals surface area contributed by atoms with Crippen LogP contribution in [0.3, 0.4) is 0 Å². The van der Waals surface area contributed by atoms with E-state index in [1.54, 1.807) is 43.3 Å². The first-order valence-electron chi connectivity index (χ1n) is 9.50. The molecule has 154 valence electrons. The van der Waals surface area contributed by atoms with Crippen LogP contribution < -0.4 is 16.0 Å². The van der Waals surface area contributed by atoms with E-state index in [1.165, 1.54) is 0 Å². The molecule has 0 aliphatic carbocycles. The van der Waals surface area contributed by atoms with E-state index in [2.05, 4.69) is 16.0 Å². The lowest BCUT2D eigenvalue weighted by atomic mass is 10.0. The Balaban J connectivity index is 2.00. The second-order valence-corrected chi connectivity index (χ2v) is 7.16. The zero-order chi connectivity index (χ0) is 21.4. The van der Waals surface area contributed by atoms with Crippen LogP contribution >= 0.6 is 0 Å². The Morgan fingerprint density at radius 2 is 1.59 bits per heavy atom. The average Bonchev–Trinajstić information content (AvgIpc) is 2.72. The normalized spacial score (nSPS) is 11.5. The Hall–Kier alpha value is -3.35. The lowest BCUT2D eigenvalue weighted by Gasteiger charge is -2.27. The fraction of sp³-hybridized carbons (Fsp3) is 0.318. The molecule has 4 amide bonds. The average molecular weight is 396 g/mol. The molecule has 2 aromatic carbocycles. The molecule has 29 heavy (non-hydrogen) atoms. The monoisotopic (exact) mass is 396 g/mol. The van der Waals surface area contributed by atoms with E-state index in [0.717, 1.165) is 5.56 Å². The van der Waals surface area contributed by atoms with E-state index in [0.29, 0.717) is 17.8 Å². The smallest absolute Gasteiger partial charge is 0.319 e. The quantitative estimate of drug-likeness (QED) is 0.672. The summed E-state index contributed by atoms with van der Waals surface area (Å²) in [6.07, 6.45) is 0. The molecule has 0 aliphatic rings. The number of hydrogen-bond acceptors (Lipinski definition) is 3. The van der Waals surface area contributed by atoms with E-state index in [-0.39, 0.29) is 17.7 Å². The molecule has 2 rings (SSSR count). The van der Waals surface area contributed by atoms with Gasteiger partial charge in [0, 0.05) is 31.9 Å². The highest BCUT2D eigenvalue weighted by Gasteiger charge is 2.27. The number of carbonyl (C=O) groups excluding carboxylic acids is 3. The van der Waals surface area contributed by atoms with Gasteiger partial charge >= 0.3 is 6.03 Å². The minimum Gasteiger partial charge on any atom is -0.355 e. The number of para-hydroxylation sites is 1. The van der Waals surface area contributed by atoms with Crippen molar-refractivity contribution >= 4 is 23.5 Å². The third kappa shape index (κ3) is 6.34. The maximum Gasteiger partial charge on any atom is 0.319 e. The largest absolute Gasteiger partial charge is 0.355 e. The van der Waals surface area contributed by atoms with Crippen LogP contribution in [0.4, 0.5) is 10.5 Å². The highest BCUT2D eigenvalue weighted by atomic mass is 16.2. The number of hydrogen-bond donors (Lipinski definition) is 3. The van der Waals surface area contributed by atoms with Crippen LogP contribution in [-0.2, 0) is 11.3 Å². The maximum atomic E-state index is 12.9. The number of rotatable bonds is 7. The third-order valence-corrected chi connectivity index (χ3v) is 4.49. The van der Waals surface area contributed by atoms with Gasteiger partial charge in [0.05, 0.1) is 0 Å². The van der Waals surface area contributed by atoms with Gasteiger partial charge in [0.25, 0.3) is 5.91 Å². The van der Waals surface area contributed by atoms with E-state index in [1.807, 2.05) is 44.2 Å². The van der Waals surface area contributed by atoms with Crippen LogP contribution in [0.2, 0.25) is 0 Å². The van der Waals surface area contributed by atoms with Crippen molar-refractivity contribution in [2.24, 2.45) is 5.92 Å². The fourth-order valence-corrected chi connectivity index (χ4v) is 2.84. The van der Waals surface area contributed by atoms with E-state index >= 15 is 0 Å². The molecule has 0 aliphatic heterocycles. The van der Waals surface area contributed by atoms with Gasteiger partial charge in [-0.3, -0.25) is 9.59 Å². The zero-order valence-electron chi connectivity index (χ0n) is 17.2. The van der Waals surface area contributed by atoms with Crippen LogP contribution in [-0.4, -0.2) is 42.9 Å². The molecule has 0 aromatic heterocycles. The second-order valence-electron chi connectivity index (χ2n) is 7.16. The predicted molar refractivity (Wildman–Crippen MR) is 114 cm³/mol. The molecule has 1 unspecified atom stereocenters. The minimum absolute atomic E-state index is 0.0814. The van der Waals surface area contributed by atoms with Crippen molar-refractivity contribution in [2.45, 2.75) is 26.4 Å². The van der Waals surface area contributed by atoms with E-state index in [4.69, 9.17) is 0 Å². The Morgan fingerprint density at radius 3 is 2.14 bits per heavy atom. The first-order chi connectivity index (χ1) is 13.8. The summed E-state index contributed by atoms with van der Waals surface area (Å²) < 4.78 is 0. The molecule has 0 bridgehead atoms. The van der Waals surface area contributed by atoms with E-state index < -0.39 is 12.1 Å². The highest BCUT2D eigenvalue weighted by molar-refractivity contribution is 5.94. The van der Waals surface area contributed by atoms with Gasteiger partial charge in [0.15, 0.2) is 0 Å². The van der Waals surface area contributed by atoms with Crippen LogP contribution in [0.25, 0.3) is 0 Å². The molecule has 0 fully saturated rings. The summed E-state index contributed by atoms with van der Waals surface area (Å²) >= 11 is 0. The summed E-state index contributed by atoms with van der Waals surface area (Å²) in [6, 6.07) is 15.0. The summed E-state index contributed by atoms with van der Waals surface area (Å²) in [4.78, 5) is 38.4. The highest BCUT2D eigenvalue weighted by Crippen LogP contribution is 2.12. The maximum absolute atomic E-state index is 12.9. The number of nitrogens with one attached hydrogen (secondary N) is 3. The number of likely N-dealkylation sites (N-methyl/N-ethyl adjacent to an activating group) is 1. The summed E-state index contributed by atoms with van der Waals surface area (Å²) in [5, 5.41) is 8.08. The van der Waals surface area contributed by atoms with Crippen molar-refractivity contribution in [3.8, 4) is 0 Å². The number of anilines is 1. The second kappa shape index (κ2) is 10.3. The molecule has 0 radical (unpaired) electrons. The molecule has 0 saturated carbocycles. The third-order valence-electron chi connectivity index (χ3n) is 4.49. The first kappa shape index (κ1) is 21.9. The first-order valence-corrected chi connectivity index (χ1v) is 9.50. The summed E-state index contributed by atoms with van der Waals surface area (Å²) in [6.45, 7) is 4.15. The predicted octanol–water partition coefficient (Wildman–Crippen LogP) is 2.85. The van der Waals surface area contributed by atoms with Crippen molar-refractivity contribution in [2.75, 3.05) is 19.4 Å². The van der Waals surface area contributed by atoms with Gasteiger partial charge in [-0.25, -0.2) is 4.79 Å². The van der Waals surface area contributed by atoms with Crippen molar-refractivity contribution < 1.29 is 14.4 Å². The number of benzene rings is 2. The van der Waals surface area contributed by atoms with Gasteiger partial charge in [0.2, 0.25) is 5.91 Å². The molecular formula is C22H28N4O3. The minimum atomic E-state index is -0.658. The van der Waals surface area contributed by atoms with Crippen LogP contribution in [0.1, 0.15) is 29.8 Å². The van der Waals surface area contributed by atoms with Crippen molar-refractivity contribution in [3.05, 3.63) is 65.7 Å². The lowest BCUT2D eigenvalue weighted by Crippen LogP contribution is -2.51. The molecule has 1 atom stereocenters. The molecule has 0 heterocycles.